The van der Waals surface area contributed by atoms with Crippen molar-refractivity contribution in [1.82, 2.24) is 9.78 Å². The van der Waals surface area contributed by atoms with Crippen LogP contribution in [0.2, 0.25) is 5.02 Å². The van der Waals surface area contributed by atoms with Crippen LogP contribution in [-0.4, -0.2) is 15.6 Å². The first-order valence-electron chi connectivity index (χ1n) is 6.14. The molecule has 1 aromatic heterocycles. The van der Waals surface area contributed by atoms with E-state index in [4.69, 9.17) is 11.6 Å². The lowest BCUT2D eigenvalue weighted by molar-refractivity contribution is 0.0989. The number of nitrogens with zero attached hydrogens (tertiary/aromatic N) is 2. The van der Waals surface area contributed by atoms with E-state index in [-0.39, 0.29) is 18.0 Å². The number of ketones is 1. The SMILES string of the molecule is CCn1nc(C)c(Cl)c1CC(=O)c1ccc(F)cc1Br. The third-order valence-corrected chi connectivity index (χ3v) is 4.16. The highest BCUT2D eigenvalue weighted by Crippen LogP contribution is 2.24. The monoisotopic (exact) mass is 358 g/mol. The molecule has 0 fully saturated rings. The normalized spacial score (nSPS) is 10.8. The Labute approximate surface area is 129 Å². The molecular weight excluding hydrogens is 347 g/mol. The minimum absolute atomic E-state index is 0.131. The summed E-state index contributed by atoms with van der Waals surface area (Å²) in [4.78, 5) is 12.3. The van der Waals surface area contributed by atoms with Crippen LogP contribution in [0.1, 0.15) is 28.7 Å². The molecule has 0 saturated carbocycles. The predicted octanol–water partition coefficient (Wildman–Crippen LogP) is 4.19. The van der Waals surface area contributed by atoms with E-state index in [1.165, 1.54) is 18.2 Å². The molecule has 0 unspecified atom stereocenters. The fourth-order valence-corrected chi connectivity index (χ4v) is 2.77. The van der Waals surface area contributed by atoms with E-state index >= 15 is 0 Å². The minimum Gasteiger partial charge on any atom is -0.294 e. The van der Waals surface area contributed by atoms with Gasteiger partial charge in [0.05, 0.1) is 22.8 Å². The maximum absolute atomic E-state index is 13.0. The van der Waals surface area contributed by atoms with Crippen molar-refractivity contribution < 1.29 is 9.18 Å². The molecule has 0 N–H and O–H groups in total. The second-order valence-electron chi connectivity index (χ2n) is 4.39. The van der Waals surface area contributed by atoms with Gasteiger partial charge in [0.25, 0.3) is 0 Å². The van der Waals surface area contributed by atoms with E-state index in [0.717, 1.165) is 0 Å². The maximum atomic E-state index is 13.0. The molecule has 106 valence electrons. The third kappa shape index (κ3) is 2.94. The van der Waals surface area contributed by atoms with Gasteiger partial charge in [-0.3, -0.25) is 9.48 Å². The first kappa shape index (κ1) is 15.2. The number of halogens is 3. The highest BCUT2D eigenvalue weighted by Gasteiger charge is 2.18. The van der Waals surface area contributed by atoms with Crippen LogP contribution in [0, 0.1) is 12.7 Å². The molecule has 3 nitrogen and oxygen atoms in total. The summed E-state index contributed by atoms with van der Waals surface area (Å²) in [6.45, 7) is 4.38. The van der Waals surface area contributed by atoms with Crippen molar-refractivity contribution >= 4 is 33.3 Å². The molecule has 0 atom stereocenters. The lowest BCUT2D eigenvalue weighted by Crippen LogP contribution is -2.10. The van der Waals surface area contributed by atoms with E-state index in [2.05, 4.69) is 21.0 Å². The number of aryl methyl sites for hydroxylation is 2. The smallest absolute Gasteiger partial charge is 0.169 e. The Kier molecular flexibility index (Phi) is 4.60. The van der Waals surface area contributed by atoms with E-state index < -0.39 is 0 Å². The summed E-state index contributed by atoms with van der Waals surface area (Å²) in [6.07, 6.45) is 0.137. The highest BCUT2D eigenvalue weighted by molar-refractivity contribution is 9.10. The summed E-state index contributed by atoms with van der Waals surface area (Å²) in [5, 5.41) is 4.79. The van der Waals surface area contributed by atoms with Crippen LogP contribution in [0.4, 0.5) is 4.39 Å². The van der Waals surface area contributed by atoms with Crippen molar-refractivity contribution in [2.45, 2.75) is 26.8 Å². The molecule has 0 aliphatic rings. The average Bonchev–Trinajstić information content (AvgIpc) is 2.66. The van der Waals surface area contributed by atoms with Crippen molar-refractivity contribution in [3.63, 3.8) is 0 Å². The van der Waals surface area contributed by atoms with E-state index in [1.807, 2.05) is 6.92 Å². The zero-order valence-electron chi connectivity index (χ0n) is 11.1. The Balaban J connectivity index is 2.32. The number of hydrogen-bond donors (Lipinski definition) is 0. The number of carbonyl (C=O) groups is 1. The van der Waals surface area contributed by atoms with Crippen LogP contribution in [0.3, 0.4) is 0 Å². The van der Waals surface area contributed by atoms with Crippen LogP contribution in [0.15, 0.2) is 22.7 Å². The van der Waals surface area contributed by atoms with Gasteiger partial charge < -0.3 is 0 Å². The van der Waals surface area contributed by atoms with Gasteiger partial charge in [-0.2, -0.15) is 5.10 Å². The van der Waals surface area contributed by atoms with Crippen molar-refractivity contribution in [3.8, 4) is 0 Å². The van der Waals surface area contributed by atoms with Crippen molar-refractivity contribution in [2.75, 3.05) is 0 Å². The molecule has 0 aliphatic carbocycles. The summed E-state index contributed by atoms with van der Waals surface area (Å²) >= 11 is 9.39. The van der Waals surface area contributed by atoms with Crippen LogP contribution in [-0.2, 0) is 13.0 Å². The molecule has 1 aromatic carbocycles. The summed E-state index contributed by atoms with van der Waals surface area (Å²) in [7, 11) is 0. The number of rotatable bonds is 4. The van der Waals surface area contributed by atoms with Gasteiger partial charge in [-0.25, -0.2) is 4.39 Å². The fourth-order valence-electron chi connectivity index (χ4n) is 2.00. The Morgan fingerprint density at radius 3 is 2.80 bits per heavy atom. The topological polar surface area (TPSA) is 34.9 Å². The lowest BCUT2D eigenvalue weighted by Gasteiger charge is -2.06. The first-order valence-corrected chi connectivity index (χ1v) is 7.31. The van der Waals surface area contributed by atoms with Gasteiger partial charge in [-0.05, 0) is 48.0 Å². The number of aromatic nitrogens is 2. The first-order chi connectivity index (χ1) is 9.43. The minimum atomic E-state index is -0.388. The zero-order valence-corrected chi connectivity index (χ0v) is 13.4. The fraction of sp³-hybridized carbons (Fsp3) is 0.286. The Morgan fingerprint density at radius 2 is 2.20 bits per heavy atom. The molecule has 0 bridgehead atoms. The third-order valence-electron chi connectivity index (χ3n) is 3.01. The lowest BCUT2D eigenvalue weighted by atomic mass is 10.1. The van der Waals surface area contributed by atoms with Gasteiger partial charge in [0, 0.05) is 16.6 Å². The number of hydrogen-bond acceptors (Lipinski definition) is 2. The average molecular weight is 360 g/mol. The second-order valence-corrected chi connectivity index (χ2v) is 5.62. The van der Waals surface area contributed by atoms with Crippen LogP contribution in [0.25, 0.3) is 0 Å². The Bertz CT molecular complexity index is 669. The van der Waals surface area contributed by atoms with Crippen LogP contribution in [0.5, 0.6) is 0 Å². The quantitative estimate of drug-likeness (QED) is 0.767. The molecule has 0 spiro atoms. The molecule has 0 saturated heterocycles. The van der Waals surface area contributed by atoms with E-state index in [9.17, 15) is 9.18 Å². The van der Waals surface area contributed by atoms with Crippen molar-refractivity contribution in [1.29, 1.82) is 0 Å². The Morgan fingerprint density at radius 1 is 1.50 bits per heavy atom. The second kappa shape index (κ2) is 6.06. The molecule has 2 aromatic rings. The van der Waals surface area contributed by atoms with Crippen LogP contribution >= 0.6 is 27.5 Å². The number of benzene rings is 1. The predicted molar refractivity (Wildman–Crippen MR) is 79.8 cm³/mol. The highest BCUT2D eigenvalue weighted by atomic mass is 79.9. The summed E-state index contributed by atoms with van der Waals surface area (Å²) in [5.74, 6) is -0.519. The molecule has 0 amide bonds. The maximum Gasteiger partial charge on any atom is 0.169 e. The largest absolute Gasteiger partial charge is 0.294 e. The Hall–Kier alpha value is -1.20. The molecule has 0 aliphatic heterocycles. The molecule has 0 radical (unpaired) electrons. The zero-order chi connectivity index (χ0) is 14.9. The van der Waals surface area contributed by atoms with E-state index in [1.54, 1.807) is 11.6 Å². The van der Waals surface area contributed by atoms with Gasteiger partial charge in [0.2, 0.25) is 0 Å². The standard InChI is InChI=1S/C14H13BrClFN2O/c1-3-19-12(14(16)8(2)18-19)7-13(20)10-5-4-9(17)6-11(10)15/h4-6H,3,7H2,1-2H3. The molecule has 2 rings (SSSR count). The summed E-state index contributed by atoms with van der Waals surface area (Å²) in [5.41, 5.74) is 1.83. The molecular formula is C14H13BrClFN2O. The number of carbonyl (C=O) groups excluding carboxylic acids is 1. The van der Waals surface area contributed by atoms with Crippen molar-refractivity contribution in [3.05, 3.63) is 50.5 Å². The van der Waals surface area contributed by atoms with Gasteiger partial charge in [0.15, 0.2) is 5.78 Å². The molecule has 6 heteroatoms. The van der Waals surface area contributed by atoms with Gasteiger partial charge in [-0.15, -0.1) is 0 Å². The number of Topliss-reactive ketones (excluding diaryl/α,β-unsaturated/α-hetero) is 1. The van der Waals surface area contributed by atoms with Gasteiger partial charge >= 0.3 is 0 Å². The summed E-state index contributed by atoms with van der Waals surface area (Å²) < 4.78 is 15.2. The van der Waals surface area contributed by atoms with Gasteiger partial charge in [-0.1, -0.05) is 11.6 Å². The summed E-state index contributed by atoms with van der Waals surface area (Å²) in [6, 6.07) is 4.01. The van der Waals surface area contributed by atoms with Crippen LogP contribution < -0.4 is 0 Å². The van der Waals surface area contributed by atoms with Crippen molar-refractivity contribution in [2.24, 2.45) is 0 Å². The van der Waals surface area contributed by atoms with Gasteiger partial charge in [0.1, 0.15) is 5.82 Å². The molecule has 20 heavy (non-hydrogen) atoms. The molecule has 1 heterocycles. The van der Waals surface area contributed by atoms with E-state index in [0.29, 0.717) is 33.0 Å².